The van der Waals surface area contributed by atoms with Crippen molar-refractivity contribution in [3.8, 4) is 0 Å². The first-order valence-corrected chi connectivity index (χ1v) is 9.59. The zero-order valence-corrected chi connectivity index (χ0v) is 15.3. The summed E-state index contributed by atoms with van der Waals surface area (Å²) in [6.45, 7) is 0. The molecule has 0 saturated carbocycles. The molecule has 0 aliphatic heterocycles. The average Bonchev–Trinajstić information content (AvgIpc) is 2.72. The number of anilines is 1. The van der Waals surface area contributed by atoms with Crippen LogP contribution >= 0.6 is 11.8 Å². The summed E-state index contributed by atoms with van der Waals surface area (Å²) < 4.78 is 0. The smallest absolute Gasteiger partial charge is 0.255 e. The van der Waals surface area contributed by atoms with Gasteiger partial charge in [-0.1, -0.05) is 42.5 Å². The van der Waals surface area contributed by atoms with Crippen molar-refractivity contribution >= 4 is 34.9 Å². The molecule has 0 unspecified atom stereocenters. The molecule has 0 fully saturated rings. The van der Waals surface area contributed by atoms with Crippen molar-refractivity contribution in [2.75, 3.05) is 11.6 Å². The molecule has 1 aliphatic carbocycles. The number of thioether (sulfide) groups is 1. The number of hydrogen-bond acceptors (Lipinski definition) is 4. The van der Waals surface area contributed by atoms with E-state index in [9.17, 15) is 14.4 Å². The van der Waals surface area contributed by atoms with E-state index in [1.165, 1.54) is 0 Å². The monoisotopic (exact) mass is 373 g/mol. The molecule has 0 heterocycles. The molecule has 0 spiro atoms. The van der Waals surface area contributed by atoms with Gasteiger partial charge in [-0.2, -0.15) is 0 Å². The number of hydrogen-bond donors (Lipinski definition) is 1. The van der Waals surface area contributed by atoms with E-state index in [4.69, 9.17) is 0 Å². The largest absolute Gasteiger partial charge is 0.321 e. The summed E-state index contributed by atoms with van der Waals surface area (Å²) in [5.41, 5.74) is 2.16. The standard InChI is InChI=1S/C22H15NO3S/c1-27-14-7-4-6-13(12-14)22(26)23-18-11-5-10-17-19(18)21(25)16-9-3-2-8-15(16)20(17)24/h2-12H,1H3,(H,23,26). The highest BCUT2D eigenvalue weighted by molar-refractivity contribution is 7.98. The van der Waals surface area contributed by atoms with E-state index in [-0.39, 0.29) is 23.0 Å². The molecule has 0 radical (unpaired) electrons. The van der Waals surface area contributed by atoms with Gasteiger partial charge in [-0.3, -0.25) is 14.4 Å². The van der Waals surface area contributed by atoms with Crippen LogP contribution in [0.4, 0.5) is 5.69 Å². The maximum Gasteiger partial charge on any atom is 0.255 e. The molecule has 1 aliphatic rings. The second kappa shape index (κ2) is 6.85. The summed E-state index contributed by atoms with van der Waals surface area (Å²) in [6.07, 6.45) is 1.94. The topological polar surface area (TPSA) is 63.2 Å². The molecule has 0 bridgehead atoms. The van der Waals surface area contributed by atoms with Gasteiger partial charge in [-0.15, -0.1) is 11.8 Å². The summed E-state index contributed by atoms with van der Waals surface area (Å²) in [4.78, 5) is 39.4. The van der Waals surface area contributed by atoms with Crippen LogP contribution < -0.4 is 5.32 Å². The average molecular weight is 373 g/mol. The SMILES string of the molecule is CSc1cccc(C(=O)Nc2cccc3c2C(=O)c2ccccc2C3=O)c1. The molecule has 4 nitrogen and oxygen atoms in total. The second-order valence-electron chi connectivity index (χ2n) is 6.12. The number of nitrogens with one attached hydrogen (secondary N) is 1. The highest BCUT2D eigenvalue weighted by Gasteiger charge is 2.31. The predicted octanol–water partition coefficient (Wildman–Crippen LogP) is 4.44. The van der Waals surface area contributed by atoms with E-state index in [0.29, 0.717) is 27.9 Å². The maximum absolute atomic E-state index is 13.0. The lowest BCUT2D eigenvalue weighted by molar-refractivity contribution is 0.0978. The van der Waals surface area contributed by atoms with E-state index < -0.39 is 0 Å². The van der Waals surface area contributed by atoms with Crippen molar-refractivity contribution in [1.29, 1.82) is 0 Å². The van der Waals surface area contributed by atoms with Crippen LogP contribution in [0.5, 0.6) is 0 Å². The fraction of sp³-hybridized carbons (Fsp3) is 0.0455. The lowest BCUT2D eigenvalue weighted by atomic mass is 9.83. The zero-order valence-electron chi connectivity index (χ0n) is 14.5. The molecule has 3 aromatic carbocycles. The third-order valence-electron chi connectivity index (χ3n) is 4.53. The second-order valence-corrected chi connectivity index (χ2v) is 7.00. The molecule has 1 amide bonds. The molecule has 27 heavy (non-hydrogen) atoms. The summed E-state index contributed by atoms with van der Waals surface area (Å²) >= 11 is 1.54. The zero-order chi connectivity index (χ0) is 19.0. The van der Waals surface area contributed by atoms with Crippen LogP contribution in [0.25, 0.3) is 0 Å². The fourth-order valence-electron chi connectivity index (χ4n) is 3.21. The fourth-order valence-corrected chi connectivity index (χ4v) is 3.67. The van der Waals surface area contributed by atoms with Gasteiger partial charge in [0, 0.05) is 27.1 Å². The van der Waals surface area contributed by atoms with Gasteiger partial charge in [0.25, 0.3) is 5.91 Å². The Morgan fingerprint density at radius 1 is 0.815 bits per heavy atom. The first-order chi connectivity index (χ1) is 13.1. The summed E-state index contributed by atoms with van der Waals surface area (Å²) in [5, 5.41) is 2.80. The Labute approximate surface area is 160 Å². The van der Waals surface area contributed by atoms with Gasteiger partial charge in [0.05, 0.1) is 11.3 Å². The van der Waals surface area contributed by atoms with Crippen molar-refractivity contribution in [3.63, 3.8) is 0 Å². The molecular formula is C22H15NO3S. The number of amides is 1. The van der Waals surface area contributed by atoms with Crippen LogP contribution in [0, 0.1) is 0 Å². The maximum atomic E-state index is 13.0. The Bertz CT molecular complexity index is 1100. The van der Waals surface area contributed by atoms with Gasteiger partial charge < -0.3 is 5.32 Å². The van der Waals surface area contributed by atoms with Gasteiger partial charge in [0.1, 0.15) is 0 Å². The lowest BCUT2D eigenvalue weighted by Crippen LogP contribution is -2.23. The Balaban J connectivity index is 1.75. The molecule has 0 aromatic heterocycles. The Hall–Kier alpha value is -3.18. The van der Waals surface area contributed by atoms with Crippen LogP contribution in [0.3, 0.4) is 0 Å². The molecule has 3 aromatic rings. The van der Waals surface area contributed by atoms with Crippen molar-refractivity contribution in [1.82, 2.24) is 0 Å². The van der Waals surface area contributed by atoms with Crippen LogP contribution in [0.2, 0.25) is 0 Å². The Morgan fingerprint density at radius 2 is 1.48 bits per heavy atom. The van der Waals surface area contributed by atoms with Gasteiger partial charge in [0.2, 0.25) is 0 Å². The lowest BCUT2D eigenvalue weighted by Gasteiger charge is -2.20. The third-order valence-corrected chi connectivity index (χ3v) is 5.26. The summed E-state index contributed by atoms with van der Waals surface area (Å²) in [7, 11) is 0. The minimum Gasteiger partial charge on any atom is -0.321 e. The Kier molecular flexibility index (Phi) is 4.38. The van der Waals surface area contributed by atoms with E-state index in [1.807, 2.05) is 18.4 Å². The minimum absolute atomic E-state index is 0.208. The number of fused-ring (bicyclic) bond motifs is 2. The molecule has 5 heteroatoms. The molecular weight excluding hydrogens is 358 g/mol. The number of carbonyl (C=O) groups is 3. The minimum atomic E-state index is -0.321. The summed E-state index contributed by atoms with van der Waals surface area (Å²) in [6, 6.07) is 18.9. The van der Waals surface area contributed by atoms with Crippen molar-refractivity contribution in [2.45, 2.75) is 4.90 Å². The van der Waals surface area contributed by atoms with Gasteiger partial charge in [0.15, 0.2) is 11.6 Å². The van der Waals surface area contributed by atoms with Gasteiger partial charge in [-0.05, 0) is 30.5 Å². The van der Waals surface area contributed by atoms with Crippen LogP contribution in [-0.2, 0) is 0 Å². The first-order valence-electron chi connectivity index (χ1n) is 8.37. The van der Waals surface area contributed by atoms with Crippen LogP contribution in [0.1, 0.15) is 42.2 Å². The number of carbonyl (C=O) groups excluding carboxylic acids is 3. The van der Waals surface area contributed by atoms with E-state index in [2.05, 4.69) is 5.32 Å². The number of benzene rings is 3. The molecule has 4 rings (SSSR count). The van der Waals surface area contributed by atoms with E-state index >= 15 is 0 Å². The highest BCUT2D eigenvalue weighted by atomic mass is 32.2. The summed E-state index contributed by atoms with van der Waals surface area (Å²) in [5.74, 6) is -0.784. The van der Waals surface area contributed by atoms with Crippen molar-refractivity contribution < 1.29 is 14.4 Å². The van der Waals surface area contributed by atoms with Crippen LogP contribution in [-0.4, -0.2) is 23.7 Å². The van der Waals surface area contributed by atoms with Crippen molar-refractivity contribution in [3.05, 3.63) is 94.5 Å². The van der Waals surface area contributed by atoms with Crippen molar-refractivity contribution in [2.24, 2.45) is 0 Å². The molecule has 1 N–H and O–H groups in total. The van der Waals surface area contributed by atoms with E-state index in [0.717, 1.165) is 4.90 Å². The Morgan fingerprint density at radius 3 is 2.22 bits per heavy atom. The molecule has 0 saturated heterocycles. The molecule has 132 valence electrons. The normalized spacial score (nSPS) is 12.3. The van der Waals surface area contributed by atoms with E-state index in [1.54, 1.807) is 66.4 Å². The van der Waals surface area contributed by atoms with Gasteiger partial charge >= 0.3 is 0 Å². The number of rotatable bonds is 3. The van der Waals surface area contributed by atoms with Crippen LogP contribution in [0.15, 0.2) is 71.6 Å². The highest BCUT2D eigenvalue weighted by Crippen LogP contribution is 2.32. The third kappa shape index (κ3) is 2.96. The van der Waals surface area contributed by atoms with Gasteiger partial charge in [-0.25, -0.2) is 0 Å². The molecule has 0 atom stereocenters. The predicted molar refractivity (Wildman–Crippen MR) is 106 cm³/mol. The first kappa shape index (κ1) is 17.2. The number of ketones is 2. The quantitative estimate of drug-likeness (QED) is 0.540.